The smallest absolute Gasteiger partial charge is 0.303 e. The lowest BCUT2D eigenvalue weighted by atomic mass is 10.2. The van der Waals surface area contributed by atoms with Crippen LogP contribution in [-0.2, 0) is 17.8 Å². The molecule has 2 aromatic rings. The number of thiazole rings is 1. The van der Waals surface area contributed by atoms with E-state index >= 15 is 0 Å². The van der Waals surface area contributed by atoms with Crippen molar-refractivity contribution in [2.45, 2.75) is 26.3 Å². The Kier molecular flexibility index (Phi) is 3.88. The largest absolute Gasteiger partial charge is 0.481 e. The van der Waals surface area contributed by atoms with Gasteiger partial charge < -0.3 is 14.9 Å². The molecular weight excluding hydrogens is 256 g/mol. The summed E-state index contributed by atoms with van der Waals surface area (Å²) in [5, 5.41) is 17.8. The number of hydrogen-bond donors (Lipinski definition) is 2. The zero-order valence-electron chi connectivity index (χ0n) is 9.71. The summed E-state index contributed by atoms with van der Waals surface area (Å²) in [7, 11) is 0. The van der Waals surface area contributed by atoms with E-state index in [1.54, 1.807) is 6.92 Å². The molecule has 2 N–H and O–H groups in total. The van der Waals surface area contributed by atoms with Crippen molar-refractivity contribution in [3.63, 3.8) is 0 Å². The zero-order valence-corrected chi connectivity index (χ0v) is 10.5. The second kappa shape index (κ2) is 5.58. The number of nitrogens with zero attached hydrogens (tertiary/aromatic N) is 3. The van der Waals surface area contributed by atoms with E-state index in [1.807, 2.05) is 5.38 Å². The van der Waals surface area contributed by atoms with Gasteiger partial charge in [-0.3, -0.25) is 4.79 Å². The van der Waals surface area contributed by atoms with Crippen LogP contribution in [-0.4, -0.2) is 26.2 Å². The minimum atomic E-state index is -0.821. The van der Waals surface area contributed by atoms with Crippen molar-refractivity contribution in [3.8, 4) is 0 Å². The molecule has 0 aromatic carbocycles. The molecule has 96 valence electrons. The van der Waals surface area contributed by atoms with Gasteiger partial charge in [0.15, 0.2) is 11.0 Å². The summed E-state index contributed by atoms with van der Waals surface area (Å²) in [5.74, 6) is 0.265. The molecule has 0 unspecified atom stereocenters. The molecule has 18 heavy (non-hydrogen) atoms. The summed E-state index contributed by atoms with van der Waals surface area (Å²) in [6.45, 7) is 2.16. The van der Waals surface area contributed by atoms with Gasteiger partial charge in [-0.2, -0.15) is 4.98 Å². The number of carboxylic acid groups (broad SMARTS) is 1. The number of nitrogens with one attached hydrogen (secondary N) is 1. The van der Waals surface area contributed by atoms with E-state index in [9.17, 15) is 4.79 Å². The molecule has 0 bridgehead atoms. The summed E-state index contributed by atoms with van der Waals surface area (Å²) in [6.07, 6.45) is 0.527. The number of rotatable bonds is 6. The highest BCUT2D eigenvalue weighted by Gasteiger charge is 2.06. The van der Waals surface area contributed by atoms with E-state index < -0.39 is 5.97 Å². The summed E-state index contributed by atoms with van der Waals surface area (Å²) in [5.41, 5.74) is 0.770. The topological polar surface area (TPSA) is 101 Å². The Morgan fingerprint density at radius 3 is 3.06 bits per heavy atom. The molecule has 0 radical (unpaired) electrons. The maximum absolute atomic E-state index is 10.4. The van der Waals surface area contributed by atoms with Crippen molar-refractivity contribution in [1.82, 2.24) is 15.1 Å². The van der Waals surface area contributed by atoms with Crippen LogP contribution in [0.5, 0.6) is 0 Å². The van der Waals surface area contributed by atoms with Gasteiger partial charge in [-0.25, -0.2) is 4.98 Å². The molecule has 0 atom stereocenters. The van der Waals surface area contributed by atoms with Crippen LogP contribution >= 0.6 is 11.3 Å². The molecule has 0 amide bonds. The summed E-state index contributed by atoms with van der Waals surface area (Å²) < 4.78 is 4.95. The zero-order chi connectivity index (χ0) is 13.0. The highest BCUT2D eigenvalue weighted by molar-refractivity contribution is 7.13. The van der Waals surface area contributed by atoms with Gasteiger partial charge in [0.2, 0.25) is 5.89 Å². The van der Waals surface area contributed by atoms with E-state index in [-0.39, 0.29) is 6.42 Å². The number of carboxylic acids is 1. The third kappa shape index (κ3) is 3.52. The van der Waals surface area contributed by atoms with Crippen molar-refractivity contribution in [3.05, 3.63) is 22.8 Å². The van der Waals surface area contributed by atoms with Gasteiger partial charge >= 0.3 is 5.97 Å². The van der Waals surface area contributed by atoms with Crippen molar-refractivity contribution in [2.75, 3.05) is 5.32 Å². The summed E-state index contributed by atoms with van der Waals surface area (Å²) in [4.78, 5) is 18.7. The first-order valence-corrected chi connectivity index (χ1v) is 6.20. The first-order chi connectivity index (χ1) is 8.63. The predicted octanol–water partition coefficient (Wildman–Crippen LogP) is 1.46. The fourth-order valence-corrected chi connectivity index (χ4v) is 2.04. The fourth-order valence-electron chi connectivity index (χ4n) is 1.30. The van der Waals surface area contributed by atoms with E-state index in [2.05, 4.69) is 20.4 Å². The standard InChI is InChI=1S/C10H12N4O3S/c1-6-12-8(17-14-6)4-11-10-13-7(5-18-10)2-3-9(15)16/h5H,2-4H2,1H3,(H,11,13)(H,15,16). The molecule has 0 spiro atoms. The van der Waals surface area contributed by atoms with Crippen LogP contribution in [0.4, 0.5) is 5.13 Å². The number of hydrogen-bond acceptors (Lipinski definition) is 7. The molecule has 0 aliphatic carbocycles. The Balaban J connectivity index is 1.84. The molecule has 2 rings (SSSR count). The third-order valence-corrected chi connectivity index (χ3v) is 2.96. The molecule has 2 aromatic heterocycles. The molecule has 0 saturated carbocycles. The normalized spacial score (nSPS) is 10.5. The van der Waals surface area contributed by atoms with Crippen LogP contribution in [0.25, 0.3) is 0 Å². The number of carbonyl (C=O) groups is 1. The molecule has 0 aliphatic heterocycles. The highest BCUT2D eigenvalue weighted by Crippen LogP contribution is 2.17. The van der Waals surface area contributed by atoms with Crippen LogP contribution in [0.3, 0.4) is 0 Å². The Morgan fingerprint density at radius 1 is 1.56 bits per heavy atom. The molecular formula is C10H12N4O3S. The second-order valence-corrected chi connectivity index (χ2v) is 4.48. The molecule has 0 aliphatic rings. The average Bonchev–Trinajstić information content (AvgIpc) is 2.93. The molecule has 2 heterocycles. The van der Waals surface area contributed by atoms with Gasteiger partial charge in [-0.1, -0.05) is 5.16 Å². The van der Waals surface area contributed by atoms with Gasteiger partial charge in [-0.05, 0) is 6.92 Å². The lowest BCUT2D eigenvalue weighted by molar-refractivity contribution is -0.136. The summed E-state index contributed by atoms with van der Waals surface area (Å²) in [6, 6.07) is 0. The Morgan fingerprint density at radius 2 is 2.39 bits per heavy atom. The van der Waals surface area contributed by atoms with Crippen LogP contribution in [0, 0.1) is 6.92 Å². The van der Waals surface area contributed by atoms with Gasteiger partial charge in [0.25, 0.3) is 0 Å². The number of aryl methyl sites for hydroxylation is 2. The van der Waals surface area contributed by atoms with Crippen molar-refractivity contribution in [2.24, 2.45) is 0 Å². The van der Waals surface area contributed by atoms with Gasteiger partial charge in [-0.15, -0.1) is 11.3 Å². The van der Waals surface area contributed by atoms with E-state index in [4.69, 9.17) is 9.63 Å². The predicted molar refractivity (Wildman–Crippen MR) is 64.4 cm³/mol. The fraction of sp³-hybridized carbons (Fsp3) is 0.400. The SMILES string of the molecule is Cc1noc(CNc2nc(CCC(=O)O)cs2)n1. The first-order valence-electron chi connectivity index (χ1n) is 5.33. The van der Waals surface area contributed by atoms with Gasteiger partial charge in [0.1, 0.15) is 0 Å². The number of aliphatic carboxylic acids is 1. The second-order valence-electron chi connectivity index (χ2n) is 3.63. The average molecular weight is 268 g/mol. The third-order valence-electron chi connectivity index (χ3n) is 2.11. The number of aromatic nitrogens is 3. The lowest BCUT2D eigenvalue weighted by Gasteiger charge is -1.96. The van der Waals surface area contributed by atoms with Crippen molar-refractivity contribution >= 4 is 22.4 Å². The van der Waals surface area contributed by atoms with E-state index in [0.29, 0.717) is 29.8 Å². The minimum Gasteiger partial charge on any atom is -0.481 e. The van der Waals surface area contributed by atoms with Crippen molar-refractivity contribution in [1.29, 1.82) is 0 Å². The minimum absolute atomic E-state index is 0.0893. The Hall–Kier alpha value is -1.96. The van der Waals surface area contributed by atoms with Crippen LogP contribution < -0.4 is 5.32 Å². The van der Waals surface area contributed by atoms with E-state index in [0.717, 1.165) is 5.69 Å². The summed E-state index contributed by atoms with van der Waals surface area (Å²) >= 11 is 1.42. The highest BCUT2D eigenvalue weighted by atomic mass is 32.1. The van der Waals surface area contributed by atoms with Gasteiger partial charge in [0, 0.05) is 11.8 Å². The lowest BCUT2D eigenvalue weighted by Crippen LogP contribution is -2.00. The monoisotopic (exact) mass is 268 g/mol. The Bertz CT molecular complexity index is 537. The first kappa shape index (κ1) is 12.5. The van der Waals surface area contributed by atoms with Crippen molar-refractivity contribution < 1.29 is 14.4 Å². The molecule has 0 fully saturated rings. The molecule has 7 nitrogen and oxygen atoms in total. The van der Waals surface area contributed by atoms with Crippen LogP contribution in [0.2, 0.25) is 0 Å². The maximum atomic E-state index is 10.4. The van der Waals surface area contributed by atoms with Gasteiger partial charge in [0.05, 0.1) is 18.7 Å². The van der Waals surface area contributed by atoms with E-state index in [1.165, 1.54) is 11.3 Å². The molecule has 0 saturated heterocycles. The quantitative estimate of drug-likeness (QED) is 0.817. The molecule has 8 heteroatoms. The maximum Gasteiger partial charge on any atom is 0.303 e. The van der Waals surface area contributed by atoms with Crippen LogP contribution in [0.15, 0.2) is 9.90 Å². The van der Waals surface area contributed by atoms with Crippen LogP contribution in [0.1, 0.15) is 23.8 Å². The number of anilines is 1. The Labute approximate surface area is 107 Å².